The van der Waals surface area contributed by atoms with Crippen LogP contribution in [0.15, 0.2) is 48.5 Å². The number of nitrogens with one attached hydrogen (secondary N) is 2. The molecule has 3 amide bonds. The number of carbonyl (C=O) groups excluding carboxylic acids is 2. The summed E-state index contributed by atoms with van der Waals surface area (Å²) in [6.45, 7) is 5.19. The Morgan fingerprint density at radius 1 is 0.917 bits per heavy atom. The summed E-state index contributed by atoms with van der Waals surface area (Å²) in [5.74, 6) is -2.03. The van der Waals surface area contributed by atoms with Crippen LogP contribution in [0.25, 0.3) is 0 Å². The highest BCUT2D eigenvalue weighted by atomic mass is 16.4. The van der Waals surface area contributed by atoms with E-state index in [0.717, 1.165) is 31.2 Å². The number of nitrogens with zero attached hydrogens (tertiary/aromatic N) is 1. The molecule has 4 N–H and O–H groups in total. The number of carboxylic acid groups (broad SMARTS) is 2. The van der Waals surface area contributed by atoms with Crippen molar-refractivity contribution in [2.45, 2.75) is 52.5 Å². The van der Waals surface area contributed by atoms with E-state index in [1.54, 1.807) is 41.3 Å². The number of hydrogen-bond donors (Lipinski definition) is 4. The number of anilines is 1. The summed E-state index contributed by atoms with van der Waals surface area (Å²) < 4.78 is 0. The Balaban J connectivity index is 2.12. The first-order valence-electron chi connectivity index (χ1n) is 12.2. The second-order valence-corrected chi connectivity index (χ2v) is 8.71. The molecule has 2 aromatic carbocycles. The van der Waals surface area contributed by atoms with E-state index in [9.17, 15) is 19.2 Å². The molecule has 0 fully saturated rings. The molecule has 194 valence electrons. The van der Waals surface area contributed by atoms with Crippen molar-refractivity contribution in [3.63, 3.8) is 0 Å². The first-order chi connectivity index (χ1) is 17.2. The Bertz CT molecular complexity index is 1020. The molecule has 0 heterocycles. The van der Waals surface area contributed by atoms with Crippen LogP contribution < -0.4 is 10.6 Å². The highest BCUT2D eigenvalue weighted by Gasteiger charge is 2.19. The first-order valence-corrected chi connectivity index (χ1v) is 12.2. The van der Waals surface area contributed by atoms with Crippen molar-refractivity contribution < 1.29 is 29.4 Å². The lowest BCUT2D eigenvalue weighted by Gasteiger charge is -2.28. The monoisotopic (exact) mass is 497 g/mol. The van der Waals surface area contributed by atoms with Crippen molar-refractivity contribution in [3.05, 3.63) is 65.2 Å². The third kappa shape index (κ3) is 9.40. The van der Waals surface area contributed by atoms with Gasteiger partial charge in [0.15, 0.2) is 0 Å². The first kappa shape index (κ1) is 28.4. The number of hydrogen-bond acceptors (Lipinski definition) is 4. The van der Waals surface area contributed by atoms with Gasteiger partial charge < -0.3 is 25.7 Å². The molecule has 0 aliphatic rings. The average molecular weight is 498 g/mol. The lowest BCUT2D eigenvalue weighted by atomic mass is 9.98. The van der Waals surface area contributed by atoms with Gasteiger partial charge in [-0.2, -0.15) is 0 Å². The van der Waals surface area contributed by atoms with E-state index in [1.807, 2.05) is 0 Å². The topological polar surface area (TPSA) is 136 Å². The summed E-state index contributed by atoms with van der Waals surface area (Å²) in [5.41, 5.74) is 1.90. The molecule has 36 heavy (non-hydrogen) atoms. The molecular weight excluding hydrogens is 462 g/mol. The molecule has 0 aromatic heterocycles. The number of benzene rings is 2. The minimum atomic E-state index is -1.03. The molecule has 0 aliphatic heterocycles. The predicted octanol–water partition coefficient (Wildman–Crippen LogP) is 4.84. The summed E-state index contributed by atoms with van der Waals surface area (Å²) >= 11 is 0. The van der Waals surface area contributed by atoms with Crippen molar-refractivity contribution in [3.8, 4) is 0 Å². The Kier molecular flexibility index (Phi) is 11.4. The Labute approximate surface area is 211 Å². The molecule has 1 atom stereocenters. The van der Waals surface area contributed by atoms with Gasteiger partial charge in [-0.3, -0.25) is 9.59 Å². The maximum absolute atomic E-state index is 13.2. The molecule has 0 radical (unpaired) electrons. The van der Waals surface area contributed by atoms with Crippen molar-refractivity contribution >= 4 is 29.6 Å². The number of amides is 3. The number of unbranched alkanes of at least 4 members (excludes halogenated alkanes) is 1. The van der Waals surface area contributed by atoms with Crippen molar-refractivity contribution in [1.82, 2.24) is 10.2 Å². The number of carbonyl (C=O) groups is 4. The Morgan fingerprint density at radius 3 is 2.11 bits per heavy atom. The van der Waals surface area contributed by atoms with Gasteiger partial charge in [0.2, 0.25) is 0 Å². The summed E-state index contributed by atoms with van der Waals surface area (Å²) in [6.07, 6.45) is 3.96. The summed E-state index contributed by atoms with van der Waals surface area (Å²) in [4.78, 5) is 48.8. The Morgan fingerprint density at radius 2 is 1.56 bits per heavy atom. The molecule has 0 saturated carbocycles. The lowest BCUT2D eigenvalue weighted by molar-refractivity contribution is -0.136. The van der Waals surface area contributed by atoms with Gasteiger partial charge in [-0.25, -0.2) is 9.59 Å². The second kappa shape index (κ2) is 14.5. The van der Waals surface area contributed by atoms with Crippen LogP contribution in [-0.4, -0.2) is 52.1 Å². The number of aliphatic carboxylic acids is 1. The summed E-state index contributed by atoms with van der Waals surface area (Å²) in [7, 11) is 0. The van der Waals surface area contributed by atoms with Gasteiger partial charge >= 0.3 is 18.0 Å². The third-order valence-electron chi connectivity index (χ3n) is 5.91. The summed E-state index contributed by atoms with van der Waals surface area (Å²) in [6, 6.07) is 12.6. The minimum absolute atomic E-state index is 0.0491. The fourth-order valence-electron chi connectivity index (χ4n) is 3.71. The average Bonchev–Trinajstić information content (AvgIpc) is 2.86. The zero-order valence-electron chi connectivity index (χ0n) is 20.8. The van der Waals surface area contributed by atoms with Crippen molar-refractivity contribution in [1.29, 1.82) is 0 Å². The van der Waals surface area contributed by atoms with Crippen LogP contribution in [0.1, 0.15) is 72.2 Å². The van der Waals surface area contributed by atoms with Crippen LogP contribution in [-0.2, 0) is 11.3 Å². The zero-order chi connectivity index (χ0) is 26.5. The van der Waals surface area contributed by atoms with Gasteiger partial charge in [-0.05, 0) is 54.3 Å². The maximum Gasteiger partial charge on any atom is 0.335 e. The van der Waals surface area contributed by atoms with Crippen LogP contribution in [0, 0.1) is 5.92 Å². The van der Waals surface area contributed by atoms with Crippen molar-refractivity contribution in [2.24, 2.45) is 5.92 Å². The highest BCUT2D eigenvalue weighted by Crippen LogP contribution is 2.18. The standard InChI is InChI=1S/C27H35N3O6/c1-3-5-6-19(4-2)17-30(27(36)29-23-13-11-22(12-14-23)26(34)35)18-20-7-9-21(10-8-20)25(33)28-16-15-24(31)32/h7-14,19H,3-6,15-18H2,1-2H3,(H,28,33)(H,29,36)(H,31,32)(H,34,35). The lowest BCUT2D eigenvalue weighted by Crippen LogP contribution is -2.38. The quantitative estimate of drug-likeness (QED) is 0.295. The van der Waals surface area contributed by atoms with Gasteiger partial charge in [0, 0.05) is 30.9 Å². The van der Waals surface area contributed by atoms with E-state index in [0.29, 0.717) is 30.3 Å². The van der Waals surface area contributed by atoms with E-state index < -0.39 is 11.9 Å². The molecule has 9 nitrogen and oxygen atoms in total. The molecule has 0 bridgehead atoms. The molecular formula is C27H35N3O6. The summed E-state index contributed by atoms with van der Waals surface area (Å²) in [5, 5.41) is 23.2. The number of urea groups is 1. The Hall–Kier alpha value is -3.88. The normalized spacial score (nSPS) is 11.4. The smallest absolute Gasteiger partial charge is 0.335 e. The van der Waals surface area contributed by atoms with Gasteiger partial charge in [-0.1, -0.05) is 45.2 Å². The van der Waals surface area contributed by atoms with Crippen LogP contribution >= 0.6 is 0 Å². The zero-order valence-corrected chi connectivity index (χ0v) is 20.8. The van der Waals surface area contributed by atoms with Crippen LogP contribution in [0.3, 0.4) is 0 Å². The van der Waals surface area contributed by atoms with E-state index in [1.165, 1.54) is 12.1 Å². The number of rotatable bonds is 14. The molecule has 0 saturated heterocycles. The highest BCUT2D eigenvalue weighted by molar-refractivity contribution is 5.94. The molecule has 9 heteroatoms. The number of aromatic carboxylic acids is 1. The van der Waals surface area contributed by atoms with E-state index in [2.05, 4.69) is 24.5 Å². The van der Waals surface area contributed by atoms with Crippen LogP contribution in [0.4, 0.5) is 10.5 Å². The molecule has 0 spiro atoms. The van der Waals surface area contributed by atoms with E-state index in [-0.39, 0.29) is 30.5 Å². The predicted molar refractivity (Wildman–Crippen MR) is 137 cm³/mol. The van der Waals surface area contributed by atoms with Crippen LogP contribution in [0.5, 0.6) is 0 Å². The van der Waals surface area contributed by atoms with Gasteiger partial charge in [0.05, 0.1) is 12.0 Å². The van der Waals surface area contributed by atoms with Gasteiger partial charge in [-0.15, -0.1) is 0 Å². The largest absolute Gasteiger partial charge is 0.481 e. The van der Waals surface area contributed by atoms with Crippen molar-refractivity contribution in [2.75, 3.05) is 18.4 Å². The van der Waals surface area contributed by atoms with Crippen LogP contribution in [0.2, 0.25) is 0 Å². The molecule has 0 aliphatic carbocycles. The van der Waals surface area contributed by atoms with Gasteiger partial charge in [0.25, 0.3) is 5.91 Å². The molecule has 1 unspecified atom stereocenters. The van der Waals surface area contributed by atoms with Gasteiger partial charge in [0.1, 0.15) is 0 Å². The minimum Gasteiger partial charge on any atom is -0.481 e. The molecule has 2 aromatic rings. The fourth-order valence-corrected chi connectivity index (χ4v) is 3.71. The number of carboxylic acids is 2. The maximum atomic E-state index is 13.2. The fraction of sp³-hybridized carbons (Fsp3) is 0.407. The molecule has 2 rings (SSSR count). The van der Waals surface area contributed by atoms with E-state index >= 15 is 0 Å². The SMILES string of the molecule is CCCCC(CC)CN(Cc1ccc(C(=O)NCCC(=O)O)cc1)C(=O)Nc1ccc(C(=O)O)cc1. The van der Waals surface area contributed by atoms with E-state index in [4.69, 9.17) is 10.2 Å². The second-order valence-electron chi connectivity index (χ2n) is 8.71. The third-order valence-corrected chi connectivity index (χ3v) is 5.91.